The molecule has 2 aromatic heterocycles. The highest BCUT2D eigenvalue weighted by atomic mass is 16.5. The van der Waals surface area contributed by atoms with Crippen LogP contribution in [-0.2, 0) is 0 Å². The molecule has 2 heterocycles. The Bertz CT molecular complexity index is 1810. The minimum Gasteiger partial charge on any atom is -0.507 e. The van der Waals surface area contributed by atoms with E-state index in [-0.39, 0.29) is 66.9 Å². The second-order valence-electron chi connectivity index (χ2n) is 8.91. The van der Waals surface area contributed by atoms with Crippen molar-refractivity contribution in [3.63, 3.8) is 0 Å². The summed E-state index contributed by atoms with van der Waals surface area (Å²) in [6, 6.07) is 12.2. The van der Waals surface area contributed by atoms with Crippen LogP contribution >= 0.6 is 0 Å². The maximum Gasteiger partial charge on any atom is 0.196 e. The summed E-state index contributed by atoms with van der Waals surface area (Å²) in [5.41, 5.74) is 1.37. The molecule has 5 rings (SSSR count). The predicted octanol–water partition coefficient (Wildman–Crippen LogP) is 5.45. The van der Waals surface area contributed by atoms with E-state index in [1.807, 2.05) is 0 Å². The summed E-state index contributed by atoms with van der Waals surface area (Å²) in [4.78, 5) is 33.9. The minimum atomic E-state index is -0.294. The van der Waals surface area contributed by atoms with Gasteiger partial charge in [0, 0.05) is 36.7 Å². The van der Waals surface area contributed by atoms with Crippen molar-refractivity contribution < 1.29 is 28.5 Å². The van der Waals surface area contributed by atoms with Gasteiger partial charge in [0.2, 0.25) is 0 Å². The lowest BCUT2D eigenvalue weighted by molar-refractivity contribution is 0.409. The summed E-state index contributed by atoms with van der Waals surface area (Å²) < 4.78 is 22.0. The van der Waals surface area contributed by atoms with Gasteiger partial charge in [0.1, 0.15) is 56.5 Å². The Kier molecular flexibility index (Phi) is 6.83. The average Bonchev–Trinajstić information content (AvgIpc) is 2.90. The SMILES string of the molecule is COc1c(C=Nc2ccc(N=Cc3c(O)cc4oc(C)cc(=O)c4c3OC)cc2)c(O)cc2oc(C)cc(=O)c12. The fraction of sp³-hybridized carbons (Fsp3) is 0.133. The Morgan fingerprint density at radius 2 is 1.05 bits per heavy atom. The molecule has 0 aliphatic carbocycles. The van der Waals surface area contributed by atoms with Crippen molar-refractivity contribution in [2.45, 2.75) is 13.8 Å². The van der Waals surface area contributed by atoms with E-state index in [2.05, 4.69) is 9.98 Å². The summed E-state index contributed by atoms with van der Waals surface area (Å²) >= 11 is 0. The number of aryl methyl sites for hydroxylation is 2. The molecule has 0 saturated heterocycles. The normalized spacial score (nSPS) is 11.7. The van der Waals surface area contributed by atoms with Crippen LogP contribution in [0.1, 0.15) is 22.6 Å². The number of rotatable bonds is 6. The van der Waals surface area contributed by atoms with Gasteiger partial charge in [-0.25, -0.2) is 0 Å². The molecule has 0 bridgehead atoms. The van der Waals surface area contributed by atoms with E-state index in [1.54, 1.807) is 38.1 Å². The molecule has 0 aliphatic rings. The minimum absolute atomic E-state index is 0.155. The fourth-order valence-electron chi connectivity index (χ4n) is 4.40. The average molecular weight is 541 g/mol. The van der Waals surface area contributed by atoms with Gasteiger partial charge < -0.3 is 28.5 Å². The molecule has 202 valence electrons. The molecular weight excluding hydrogens is 516 g/mol. The van der Waals surface area contributed by atoms with Crippen LogP contribution in [0.2, 0.25) is 0 Å². The molecule has 0 saturated carbocycles. The van der Waals surface area contributed by atoms with Gasteiger partial charge >= 0.3 is 0 Å². The first-order chi connectivity index (χ1) is 19.2. The number of aromatic hydroxyl groups is 2. The highest BCUT2D eigenvalue weighted by Crippen LogP contribution is 2.36. The molecule has 0 spiro atoms. The Morgan fingerprint density at radius 3 is 1.40 bits per heavy atom. The van der Waals surface area contributed by atoms with Crippen molar-refractivity contribution in [1.29, 1.82) is 0 Å². The topological polar surface area (TPSA) is 144 Å². The van der Waals surface area contributed by atoms with Crippen molar-refractivity contribution in [2.24, 2.45) is 9.98 Å². The summed E-state index contributed by atoms with van der Waals surface area (Å²) in [7, 11) is 2.79. The molecule has 40 heavy (non-hydrogen) atoms. The van der Waals surface area contributed by atoms with E-state index in [0.717, 1.165) is 0 Å². The number of hydrogen-bond donors (Lipinski definition) is 2. The number of ether oxygens (including phenoxy) is 2. The van der Waals surface area contributed by atoms with Crippen LogP contribution in [-0.4, -0.2) is 36.9 Å². The zero-order chi connectivity index (χ0) is 28.6. The van der Waals surface area contributed by atoms with Crippen molar-refractivity contribution in [3.8, 4) is 23.0 Å². The number of benzene rings is 3. The van der Waals surface area contributed by atoms with Gasteiger partial charge in [0.15, 0.2) is 10.9 Å². The number of phenolic OH excluding ortho intramolecular Hbond substituents is 2. The molecule has 0 radical (unpaired) electrons. The number of methoxy groups -OCH3 is 2. The second-order valence-corrected chi connectivity index (χ2v) is 8.91. The lowest BCUT2D eigenvalue weighted by atomic mass is 10.1. The maximum absolute atomic E-state index is 12.6. The highest BCUT2D eigenvalue weighted by molar-refractivity contribution is 6.00. The van der Waals surface area contributed by atoms with Crippen LogP contribution in [0.25, 0.3) is 21.9 Å². The third-order valence-electron chi connectivity index (χ3n) is 6.17. The van der Waals surface area contributed by atoms with Crippen molar-refractivity contribution in [3.05, 3.63) is 91.6 Å². The Hall–Kier alpha value is -5.38. The van der Waals surface area contributed by atoms with Crippen molar-refractivity contribution in [2.75, 3.05) is 14.2 Å². The number of aliphatic imine (C=N–C) groups is 2. The van der Waals surface area contributed by atoms with E-state index in [1.165, 1.54) is 50.9 Å². The number of nitrogens with zero attached hydrogens (tertiary/aromatic N) is 2. The first-order valence-corrected chi connectivity index (χ1v) is 12.1. The highest BCUT2D eigenvalue weighted by Gasteiger charge is 2.18. The molecule has 0 aliphatic heterocycles. The Balaban J connectivity index is 1.45. The van der Waals surface area contributed by atoms with E-state index in [4.69, 9.17) is 18.3 Å². The fourth-order valence-corrected chi connectivity index (χ4v) is 4.40. The predicted molar refractivity (Wildman–Crippen MR) is 152 cm³/mol. The van der Waals surface area contributed by atoms with Crippen LogP contribution in [0.3, 0.4) is 0 Å². The molecule has 5 aromatic rings. The summed E-state index contributed by atoms with van der Waals surface area (Å²) in [5, 5.41) is 21.5. The van der Waals surface area contributed by atoms with Crippen molar-refractivity contribution >= 4 is 45.7 Å². The van der Waals surface area contributed by atoms with Crippen molar-refractivity contribution in [1.82, 2.24) is 0 Å². The second kappa shape index (κ2) is 10.4. The monoisotopic (exact) mass is 540 g/mol. The van der Waals surface area contributed by atoms with Crippen LogP contribution in [0, 0.1) is 13.8 Å². The van der Waals surface area contributed by atoms with Gasteiger partial charge in [0.25, 0.3) is 0 Å². The molecule has 3 aromatic carbocycles. The smallest absolute Gasteiger partial charge is 0.196 e. The van der Waals surface area contributed by atoms with Crippen LogP contribution in [0.5, 0.6) is 23.0 Å². The van der Waals surface area contributed by atoms with Gasteiger partial charge in [-0.05, 0) is 38.1 Å². The molecule has 0 atom stereocenters. The zero-order valence-electron chi connectivity index (χ0n) is 22.0. The summed E-state index contributed by atoms with van der Waals surface area (Å²) in [6.45, 7) is 3.29. The first kappa shape index (κ1) is 26.2. The standard InChI is InChI=1S/C30H24N2O8/c1-15-9-23(35)27-25(39-15)11-21(33)19(29(27)37-3)13-31-17-5-7-18(8-6-17)32-14-20-22(34)12-26-28(30(20)38-4)24(36)10-16(2)40-26/h5-14,33-34H,1-4H3. The van der Waals surface area contributed by atoms with E-state index in [9.17, 15) is 19.8 Å². The van der Waals surface area contributed by atoms with Crippen LogP contribution in [0.15, 0.2) is 76.9 Å². The molecule has 0 fully saturated rings. The number of fused-ring (bicyclic) bond motifs is 2. The van der Waals surface area contributed by atoms with Gasteiger partial charge in [-0.3, -0.25) is 19.6 Å². The third-order valence-corrected chi connectivity index (χ3v) is 6.17. The maximum atomic E-state index is 12.6. The summed E-state index contributed by atoms with van der Waals surface area (Å²) in [5.74, 6) is 0.827. The Labute approximate surface area is 227 Å². The molecule has 10 nitrogen and oxygen atoms in total. The lowest BCUT2D eigenvalue weighted by Crippen LogP contribution is -2.05. The van der Waals surface area contributed by atoms with Crippen LogP contribution in [0.4, 0.5) is 11.4 Å². The number of hydrogen-bond acceptors (Lipinski definition) is 10. The van der Waals surface area contributed by atoms with Crippen LogP contribution < -0.4 is 20.3 Å². The van der Waals surface area contributed by atoms with E-state index >= 15 is 0 Å². The molecule has 2 N–H and O–H groups in total. The van der Waals surface area contributed by atoms with Gasteiger partial charge in [-0.2, -0.15) is 0 Å². The summed E-state index contributed by atoms with van der Waals surface area (Å²) in [6.07, 6.45) is 2.80. The van der Waals surface area contributed by atoms with Gasteiger partial charge in [-0.1, -0.05) is 0 Å². The van der Waals surface area contributed by atoms with Gasteiger partial charge in [-0.15, -0.1) is 0 Å². The lowest BCUT2D eigenvalue weighted by Gasteiger charge is -2.10. The molecule has 0 amide bonds. The third kappa shape index (κ3) is 4.78. The largest absolute Gasteiger partial charge is 0.507 e. The molecule has 10 heteroatoms. The zero-order valence-corrected chi connectivity index (χ0v) is 22.0. The quantitative estimate of drug-likeness (QED) is 0.271. The van der Waals surface area contributed by atoms with E-state index in [0.29, 0.717) is 22.9 Å². The number of phenols is 2. The first-order valence-electron chi connectivity index (χ1n) is 12.1. The molecule has 0 unspecified atom stereocenters. The Morgan fingerprint density at radius 1 is 0.675 bits per heavy atom. The molecular formula is C30H24N2O8. The van der Waals surface area contributed by atoms with Gasteiger partial charge in [0.05, 0.1) is 36.7 Å². The van der Waals surface area contributed by atoms with E-state index < -0.39 is 0 Å².